The van der Waals surface area contributed by atoms with Gasteiger partial charge in [-0.25, -0.2) is 0 Å². The summed E-state index contributed by atoms with van der Waals surface area (Å²) in [5, 5.41) is 0. The van der Waals surface area contributed by atoms with E-state index in [1.165, 1.54) is 6.54 Å². The summed E-state index contributed by atoms with van der Waals surface area (Å²) in [5.41, 5.74) is 0.294. The highest BCUT2D eigenvalue weighted by Gasteiger charge is 2.39. The van der Waals surface area contributed by atoms with E-state index >= 15 is 0 Å². The van der Waals surface area contributed by atoms with Gasteiger partial charge in [-0.2, -0.15) is 0 Å². The molecule has 13 heavy (non-hydrogen) atoms. The number of hydrogen-bond acceptors (Lipinski definition) is 2. The van der Waals surface area contributed by atoms with E-state index in [1.54, 1.807) is 0 Å². The second-order valence-electron chi connectivity index (χ2n) is 5.15. The molecule has 0 amide bonds. The Hall–Kier alpha value is -0.0800. The minimum absolute atomic E-state index is 0.294. The van der Waals surface area contributed by atoms with Gasteiger partial charge in [0.25, 0.3) is 0 Å². The van der Waals surface area contributed by atoms with Crippen LogP contribution in [0.15, 0.2) is 0 Å². The van der Waals surface area contributed by atoms with Crippen LogP contribution in [0.5, 0.6) is 0 Å². The third-order valence-corrected chi connectivity index (χ3v) is 3.09. The molecule has 1 aliphatic heterocycles. The molecule has 1 fully saturated rings. The second-order valence-corrected chi connectivity index (χ2v) is 5.15. The van der Waals surface area contributed by atoms with Gasteiger partial charge in [-0.05, 0) is 41.2 Å². The Morgan fingerprint density at radius 2 is 1.77 bits per heavy atom. The summed E-state index contributed by atoms with van der Waals surface area (Å²) in [5.74, 6) is 0. The maximum atomic E-state index is 2.61. The molecule has 0 aromatic heterocycles. The molecule has 0 bridgehead atoms. The normalized spacial score (nSPS) is 32.8. The van der Waals surface area contributed by atoms with Crippen LogP contribution in [-0.2, 0) is 0 Å². The Morgan fingerprint density at radius 3 is 2.00 bits per heavy atom. The molecule has 0 N–H and O–H groups in total. The van der Waals surface area contributed by atoms with Crippen molar-refractivity contribution in [1.29, 1.82) is 0 Å². The van der Waals surface area contributed by atoms with Crippen molar-refractivity contribution in [2.75, 3.05) is 13.1 Å². The first-order chi connectivity index (χ1) is 5.88. The van der Waals surface area contributed by atoms with E-state index in [2.05, 4.69) is 51.3 Å². The van der Waals surface area contributed by atoms with Crippen molar-refractivity contribution in [2.45, 2.75) is 59.3 Å². The monoisotopic (exact) mass is 184 g/mol. The molecule has 0 aliphatic carbocycles. The fourth-order valence-corrected chi connectivity index (χ4v) is 2.74. The first kappa shape index (κ1) is 11.0. The summed E-state index contributed by atoms with van der Waals surface area (Å²) in [6.07, 6.45) is 0.597. The Morgan fingerprint density at radius 1 is 1.23 bits per heavy atom. The maximum absolute atomic E-state index is 2.61. The average Bonchev–Trinajstić information content (AvgIpc) is 2.24. The lowest BCUT2D eigenvalue weighted by Gasteiger charge is -2.39. The molecule has 1 rings (SSSR count). The van der Waals surface area contributed by atoms with E-state index < -0.39 is 0 Å². The third kappa shape index (κ3) is 2.05. The van der Waals surface area contributed by atoms with Crippen molar-refractivity contribution < 1.29 is 0 Å². The van der Waals surface area contributed by atoms with Crippen LogP contribution < -0.4 is 0 Å². The summed E-state index contributed by atoms with van der Waals surface area (Å²) in [6.45, 7) is 16.2. The topological polar surface area (TPSA) is 6.48 Å². The Labute approximate surface area is 82.9 Å². The summed E-state index contributed by atoms with van der Waals surface area (Å²) in [4.78, 5) is 5.15. The second kappa shape index (κ2) is 3.58. The zero-order valence-electron chi connectivity index (χ0n) is 9.96. The van der Waals surface area contributed by atoms with Gasteiger partial charge in [0.05, 0.1) is 6.17 Å². The molecule has 0 radical (unpaired) electrons. The highest BCUT2D eigenvalue weighted by Crippen LogP contribution is 2.28. The number of hydrogen-bond donors (Lipinski definition) is 0. The van der Waals surface area contributed by atoms with E-state index in [9.17, 15) is 0 Å². The van der Waals surface area contributed by atoms with Crippen molar-refractivity contribution in [3.05, 3.63) is 0 Å². The lowest BCUT2D eigenvalue weighted by molar-refractivity contribution is 0.0551. The smallest absolute Gasteiger partial charge is 0.0601 e. The molecule has 0 aromatic carbocycles. The van der Waals surface area contributed by atoms with E-state index in [1.807, 2.05) is 0 Å². The van der Waals surface area contributed by atoms with Crippen molar-refractivity contribution in [1.82, 2.24) is 9.80 Å². The lowest BCUT2D eigenvalue weighted by Crippen LogP contribution is -2.49. The maximum Gasteiger partial charge on any atom is 0.0601 e. The van der Waals surface area contributed by atoms with Crippen LogP contribution in [0.2, 0.25) is 0 Å². The summed E-state index contributed by atoms with van der Waals surface area (Å²) in [6, 6.07) is 0.690. The van der Waals surface area contributed by atoms with Crippen molar-refractivity contribution in [3.8, 4) is 0 Å². The van der Waals surface area contributed by atoms with Crippen LogP contribution in [0.3, 0.4) is 0 Å². The molecule has 2 heteroatoms. The largest absolute Gasteiger partial charge is 0.287 e. The minimum Gasteiger partial charge on any atom is -0.287 e. The van der Waals surface area contributed by atoms with Gasteiger partial charge in [0, 0.05) is 18.1 Å². The van der Waals surface area contributed by atoms with Gasteiger partial charge in [-0.1, -0.05) is 6.92 Å². The zero-order valence-corrected chi connectivity index (χ0v) is 9.96. The molecule has 2 nitrogen and oxygen atoms in total. The Kier molecular flexibility index (Phi) is 3.03. The first-order valence-corrected chi connectivity index (χ1v) is 5.40. The quantitative estimate of drug-likeness (QED) is 0.616. The fraction of sp³-hybridized carbons (Fsp3) is 1.00. The van der Waals surface area contributed by atoms with Crippen molar-refractivity contribution >= 4 is 0 Å². The zero-order chi connectivity index (χ0) is 10.2. The van der Waals surface area contributed by atoms with Gasteiger partial charge < -0.3 is 0 Å². The van der Waals surface area contributed by atoms with Crippen molar-refractivity contribution in [2.24, 2.45) is 0 Å². The number of likely N-dealkylation sites (N-methyl/N-ethyl adjacent to an activating group) is 1. The molecule has 1 aliphatic rings. The van der Waals surface area contributed by atoms with E-state index in [0.29, 0.717) is 17.7 Å². The van der Waals surface area contributed by atoms with E-state index in [-0.39, 0.29) is 0 Å². The molecule has 1 heterocycles. The average molecular weight is 184 g/mol. The third-order valence-electron chi connectivity index (χ3n) is 3.09. The van der Waals surface area contributed by atoms with Crippen molar-refractivity contribution in [3.63, 3.8) is 0 Å². The first-order valence-electron chi connectivity index (χ1n) is 5.40. The van der Waals surface area contributed by atoms with Gasteiger partial charge in [0.2, 0.25) is 0 Å². The molecule has 0 spiro atoms. The van der Waals surface area contributed by atoms with Crippen LogP contribution in [0.25, 0.3) is 0 Å². The molecule has 2 atom stereocenters. The highest BCUT2D eigenvalue weighted by molar-refractivity contribution is 4.92. The summed E-state index contributed by atoms with van der Waals surface area (Å²) >= 11 is 0. The Balaban J connectivity index is 2.76. The molecular weight excluding hydrogens is 160 g/mol. The van der Waals surface area contributed by atoms with Crippen LogP contribution in [0.4, 0.5) is 0 Å². The molecule has 0 saturated carbocycles. The van der Waals surface area contributed by atoms with Gasteiger partial charge in [-0.15, -0.1) is 0 Å². The molecule has 78 valence electrons. The predicted molar refractivity (Wildman–Crippen MR) is 57.8 cm³/mol. The predicted octanol–water partition coefficient (Wildman–Crippen LogP) is 2.16. The number of nitrogens with zero attached hydrogens (tertiary/aromatic N) is 2. The highest BCUT2D eigenvalue weighted by atomic mass is 15.4. The van der Waals surface area contributed by atoms with Crippen LogP contribution >= 0.6 is 0 Å². The lowest BCUT2D eigenvalue weighted by atomic mass is 10.0. The molecule has 0 aromatic rings. The standard InChI is InChI=1S/C11H24N2/c1-7-12-8-9(2)13(10(12)3)11(4,5)6/h9-10H,7-8H2,1-6H3. The van der Waals surface area contributed by atoms with Crippen LogP contribution in [-0.4, -0.2) is 40.6 Å². The van der Waals surface area contributed by atoms with Crippen LogP contribution in [0.1, 0.15) is 41.5 Å². The Bertz CT molecular complexity index is 171. The van der Waals surface area contributed by atoms with Gasteiger partial charge in [-0.3, -0.25) is 9.80 Å². The molecule has 1 saturated heterocycles. The SMILES string of the molecule is CCN1CC(C)N(C(C)(C)C)C1C. The summed E-state index contributed by atoms with van der Waals surface area (Å²) < 4.78 is 0. The van der Waals surface area contributed by atoms with E-state index in [4.69, 9.17) is 0 Å². The molecular formula is C11H24N2. The molecule has 2 unspecified atom stereocenters. The van der Waals surface area contributed by atoms with Gasteiger partial charge in [0.1, 0.15) is 0 Å². The van der Waals surface area contributed by atoms with Gasteiger partial charge >= 0.3 is 0 Å². The van der Waals surface area contributed by atoms with Gasteiger partial charge in [0.15, 0.2) is 0 Å². The number of rotatable bonds is 1. The van der Waals surface area contributed by atoms with Crippen LogP contribution in [0, 0.1) is 0 Å². The summed E-state index contributed by atoms with van der Waals surface area (Å²) in [7, 11) is 0. The minimum atomic E-state index is 0.294. The fourth-order valence-electron chi connectivity index (χ4n) is 2.74. The van der Waals surface area contributed by atoms with E-state index in [0.717, 1.165) is 6.54 Å².